The van der Waals surface area contributed by atoms with E-state index >= 15 is 0 Å². The van der Waals surface area contributed by atoms with E-state index in [1.807, 2.05) is 0 Å². The number of nitrogens with zero attached hydrogens (tertiary/aromatic N) is 5. The molecule has 11 heteroatoms. The van der Waals surface area contributed by atoms with Crippen molar-refractivity contribution in [3.63, 3.8) is 0 Å². The number of nitrogens with one attached hydrogen (secondary N) is 1. The molecule has 3 atom stereocenters. The molecular formula is C10H11N7O4. The van der Waals surface area contributed by atoms with Gasteiger partial charge in [-0.1, -0.05) is 10.4 Å². The van der Waals surface area contributed by atoms with Crippen molar-refractivity contribution in [2.75, 3.05) is 12.3 Å². The maximum atomic E-state index is 11.4. The average molecular weight is 293 g/mol. The van der Waals surface area contributed by atoms with Crippen LogP contribution in [0.3, 0.4) is 0 Å². The van der Waals surface area contributed by atoms with Crippen molar-refractivity contribution in [1.82, 2.24) is 19.5 Å². The predicted molar refractivity (Wildman–Crippen MR) is 71.3 cm³/mol. The lowest BCUT2D eigenvalue weighted by atomic mass is 10.1. The zero-order valence-corrected chi connectivity index (χ0v) is 10.7. The van der Waals surface area contributed by atoms with Crippen LogP contribution >= 0.6 is 0 Å². The molecule has 2 aromatic rings. The van der Waals surface area contributed by atoms with E-state index in [2.05, 4.69) is 25.3 Å². The zero-order chi connectivity index (χ0) is 15.0. The minimum absolute atomic E-state index is 0.0953. The van der Waals surface area contributed by atoms with Crippen LogP contribution in [-0.4, -0.2) is 38.2 Å². The summed E-state index contributed by atoms with van der Waals surface area (Å²) in [5.41, 5.74) is 5.61. The van der Waals surface area contributed by atoms with Crippen molar-refractivity contribution in [1.29, 1.82) is 0 Å². The third-order valence-corrected chi connectivity index (χ3v) is 3.38. The van der Waals surface area contributed by atoms with E-state index in [1.165, 1.54) is 10.9 Å². The molecule has 0 spiro atoms. The van der Waals surface area contributed by atoms with Crippen LogP contribution < -0.4 is 11.4 Å². The van der Waals surface area contributed by atoms with Gasteiger partial charge in [-0.3, -0.25) is 9.55 Å². The lowest BCUT2D eigenvalue weighted by molar-refractivity contribution is 0.00673. The highest BCUT2D eigenvalue weighted by atomic mass is 16.5. The Hall–Kier alpha value is -2.69. The van der Waals surface area contributed by atoms with Crippen molar-refractivity contribution in [3.8, 4) is 0 Å². The topological polar surface area (TPSA) is 158 Å². The third-order valence-electron chi connectivity index (χ3n) is 3.38. The molecule has 1 aliphatic heterocycles. The first-order valence-electron chi connectivity index (χ1n) is 6.13. The Morgan fingerprint density at radius 3 is 3.05 bits per heavy atom. The highest BCUT2D eigenvalue weighted by Crippen LogP contribution is 2.32. The summed E-state index contributed by atoms with van der Waals surface area (Å²) in [4.78, 5) is 42.7. The zero-order valence-electron chi connectivity index (χ0n) is 10.7. The molecule has 1 saturated heterocycles. The van der Waals surface area contributed by atoms with Gasteiger partial charge in [-0.05, 0) is 0 Å². The second-order valence-corrected chi connectivity index (χ2v) is 4.63. The van der Waals surface area contributed by atoms with E-state index in [9.17, 15) is 14.6 Å². The summed E-state index contributed by atoms with van der Waals surface area (Å²) >= 11 is 0. The Labute approximate surface area is 116 Å². The molecule has 1 aliphatic rings. The molecule has 1 fully saturated rings. The number of H-pyrrole nitrogens is 1. The van der Waals surface area contributed by atoms with Gasteiger partial charge in [0.1, 0.15) is 36.3 Å². The highest BCUT2D eigenvalue weighted by Gasteiger charge is 2.38. The summed E-state index contributed by atoms with van der Waals surface area (Å²) in [6.07, 6.45) is 0.341. The van der Waals surface area contributed by atoms with Crippen molar-refractivity contribution in [2.45, 2.75) is 24.8 Å². The van der Waals surface area contributed by atoms with Crippen LogP contribution in [0.5, 0.6) is 0 Å². The Bertz CT molecular complexity index is 753. The number of hydrogen-bond acceptors (Lipinski definition) is 9. The van der Waals surface area contributed by atoms with E-state index in [4.69, 9.17) is 10.5 Å². The van der Waals surface area contributed by atoms with Gasteiger partial charge in [0, 0.05) is 6.42 Å². The smallest absolute Gasteiger partial charge is 0.348 e. The van der Waals surface area contributed by atoms with Crippen LogP contribution in [0.25, 0.3) is 11.2 Å². The number of nitrogens with two attached hydrogens (primary N) is 1. The highest BCUT2D eigenvalue weighted by molar-refractivity contribution is 5.81. The molecular weight excluding hydrogens is 282 g/mol. The number of imidazole rings is 1. The Morgan fingerprint density at radius 2 is 2.33 bits per heavy atom. The number of anilines is 1. The third kappa shape index (κ3) is 2.16. The molecule has 0 saturated carbocycles. The predicted octanol–water partition coefficient (Wildman–Crippen LogP) is -0.109. The van der Waals surface area contributed by atoms with Crippen LogP contribution in [-0.2, 0) is 4.74 Å². The van der Waals surface area contributed by atoms with Crippen molar-refractivity contribution >= 4 is 17.0 Å². The molecule has 3 unspecified atom stereocenters. The molecule has 3 N–H and O–H groups in total. The molecule has 0 radical (unpaired) electrons. The minimum atomic E-state index is -0.693. The van der Waals surface area contributed by atoms with Crippen molar-refractivity contribution < 1.29 is 4.74 Å². The van der Waals surface area contributed by atoms with E-state index < -0.39 is 24.1 Å². The van der Waals surface area contributed by atoms with Gasteiger partial charge in [-0.2, -0.15) is 14.8 Å². The Kier molecular flexibility index (Phi) is 3.17. The monoisotopic (exact) mass is 293 g/mol. The molecule has 0 bridgehead atoms. The maximum absolute atomic E-state index is 11.4. The quantitative estimate of drug-likeness (QED) is 0.744. The van der Waals surface area contributed by atoms with Gasteiger partial charge in [0.15, 0.2) is 5.65 Å². The molecule has 11 nitrogen and oxygen atoms in total. The summed E-state index contributed by atoms with van der Waals surface area (Å²) < 4.78 is 7.07. The number of aromatic nitrogens is 4. The molecule has 2 aromatic heterocycles. The molecule has 21 heavy (non-hydrogen) atoms. The lowest BCUT2D eigenvalue weighted by Gasteiger charge is -2.13. The second kappa shape index (κ2) is 5.01. The molecule has 0 aliphatic carbocycles. The van der Waals surface area contributed by atoms with Crippen molar-refractivity contribution in [3.05, 3.63) is 26.6 Å². The molecule has 0 amide bonds. The van der Waals surface area contributed by atoms with Gasteiger partial charge in [-0.15, -0.1) is 0 Å². The molecule has 3 heterocycles. The number of hydrogen-bond donors (Lipinski definition) is 2. The van der Waals surface area contributed by atoms with Crippen LogP contribution in [0.2, 0.25) is 0 Å². The fourth-order valence-electron chi connectivity index (χ4n) is 2.40. The van der Waals surface area contributed by atoms with Gasteiger partial charge in [-0.25, -0.2) is 9.78 Å². The van der Waals surface area contributed by atoms with Crippen LogP contribution in [0.15, 0.2) is 21.5 Å². The normalized spacial score (nSPS) is 25.2. The molecule has 0 aromatic carbocycles. The van der Waals surface area contributed by atoms with E-state index in [1.54, 1.807) is 0 Å². The number of aromatic amines is 1. The molecule has 110 valence electrons. The number of nitroso groups, excluding NO2 is 2. The summed E-state index contributed by atoms with van der Waals surface area (Å²) in [5.74, 6) is 0.0953. The first-order valence-corrected chi connectivity index (χ1v) is 6.13. The van der Waals surface area contributed by atoms with Crippen molar-refractivity contribution in [2.24, 2.45) is 10.4 Å². The second-order valence-electron chi connectivity index (χ2n) is 4.63. The number of rotatable bonds is 4. The minimum Gasteiger partial charge on any atom is -0.383 e. The fraction of sp³-hybridized carbons (Fsp3) is 0.500. The van der Waals surface area contributed by atoms with E-state index in [0.717, 1.165) is 0 Å². The fourth-order valence-corrected chi connectivity index (χ4v) is 2.40. The van der Waals surface area contributed by atoms with Gasteiger partial charge in [0.05, 0.1) is 6.33 Å². The van der Waals surface area contributed by atoms with Gasteiger partial charge >= 0.3 is 5.69 Å². The van der Waals surface area contributed by atoms with Gasteiger partial charge < -0.3 is 10.5 Å². The van der Waals surface area contributed by atoms with Gasteiger partial charge in [0.25, 0.3) is 0 Å². The summed E-state index contributed by atoms with van der Waals surface area (Å²) in [7, 11) is 0. The number of nitrogen functional groups attached to an aromatic ring is 1. The van der Waals surface area contributed by atoms with Gasteiger partial charge in [0.2, 0.25) is 0 Å². The SMILES string of the molecule is Nc1[nH]c(=O)nc2c1ncn2C1CC(N=O)C(CN=O)O1. The first kappa shape index (κ1) is 13.3. The average Bonchev–Trinajstić information content (AvgIpc) is 3.02. The maximum Gasteiger partial charge on any atom is 0.348 e. The van der Waals surface area contributed by atoms with Crippen LogP contribution in [0, 0.1) is 9.81 Å². The molecule has 3 rings (SSSR count). The van der Waals surface area contributed by atoms with E-state index in [0.29, 0.717) is 5.52 Å². The Morgan fingerprint density at radius 1 is 1.52 bits per heavy atom. The largest absolute Gasteiger partial charge is 0.383 e. The summed E-state index contributed by atoms with van der Waals surface area (Å²) in [6, 6.07) is -0.690. The Balaban J connectivity index is 2.00. The van der Waals surface area contributed by atoms with E-state index in [-0.39, 0.29) is 24.4 Å². The first-order chi connectivity index (χ1) is 10.1. The number of ether oxygens (including phenoxy) is 1. The summed E-state index contributed by atoms with van der Waals surface area (Å²) in [5, 5.41) is 5.68. The number of fused-ring (bicyclic) bond motifs is 1. The lowest BCUT2D eigenvalue weighted by Crippen LogP contribution is -2.22. The van der Waals surface area contributed by atoms with Crippen LogP contribution in [0.4, 0.5) is 5.82 Å². The van der Waals surface area contributed by atoms with Crippen LogP contribution in [0.1, 0.15) is 12.6 Å². The summed E-state index contributed by atoms with van der Waals surface area (Å²) in [6.45, 7) is -0.171. The standard InChI is InChI=1S/C10H11N7O4/c11-8-7-9(15-10(18)14-8)17(3-12-7)6-1-4(16-20)5(21-6)2-13-19/h3-6H,1-2H2,(H3,11,14,15,18).